The van der Waals surface area contributed by atoms with Crippen molar-refractivity contribution in [2.75, 3.05) is 13.7 Å². The van der Waals surface area contributed by atoms with Crippen LogP contribution in [-0.4, -0.2) is 41.3 Å². The Morgan fingerprint density at radius 1 is 1.43 bits per heavy atom. The molecule has 2 atom stereocenters. The molecule has 3 N–H and O–H groups in total. The number of benzene rings is 1. The van der Waals surface area contributed by atoms with Crippen LogP contribution in [0.1, 0.15) is 31.7 Å². The molecule has 1 amide bonds. The minimum Gasteiger partial charge on any atom is -0.497 e. The smallest absolute Gasteiger partial charge is 0.337 e. The second-order valence-electron chi connectivity index (χ2n) is 5.24. The van der Waals surface area contributed by atoms with Crippen molar-refractivity contribution < 1.29 is 24.5 Å². The van der Waals surface area contributed by atoms with Crippen molar-refractivity contribution in [3.05, 3.63) is 29.8 Å². The SMILES string of the molecule is COc1cccc(C(C)CC(=O)NCC(C)(O)C(=O)O)c1. The Bertz CT molecular complexity index is 513. The van der Waals surface area contributed by atoms with E-state index in [-0.39, 0.29) is 24.8 Å². The van der Waals surface area contributed by atoms with Gasteiger partial charge in [-0.2, -0.15) is 0 Å². The summed E-state index contributed by atoms with van der Waals surface area (Å²) < 4.78 is 5.13. The number of carbonyl (C=O) groups excluding carboxylic acids is 1. The second-order valence-corrected chi connectivity index (χ2v) is 5.24. The van der Waals surface area contributed by atoms with Crippen LogP contribution in [0.3, 0.4) is 0 Å². The number of methoxy groups -OCH3 is 1. The zero-order valence-corrected chi connectivity index (χ0v) is 12.4. The van der Waals surface area contributed by atoms with E-state index in [0.29, 0.717) is 5.75 Å². The molecule has 0 heterocycles. The number of carboxylic acid groups (broad SMARTS) is 1. The van der Waals surface area contributed by atoms with Gasteiger partial charge in [0.1, 0.15) is 5.75 Å². The van der Waals surface area contributed by atoms with Gasteiger partial charge in [-0.25, -0.2) is 4.79 Å². The van der Waals surface area contributed by atoms with E-state index in [2.05, 4.69) is 5.32 Å². The predicted octanol–water partition coefficient (Wildman–Crippen LogP) is 1.14. The van der Waals surface area contributed by atoms with Gasteiger partial charge in [-0.05, 0) is 30.5 Å². The van der Waals surface area contributed by atoms with Crippen molar-refractivity contribution in [1.82, 2.24) is 5.32 Å². The first kappa shape index (κ1) is 17.0. The lowest BCUT2D eigenvalue weighted by Crippen LogP contribution is -2.46. The summed E-state index contributed by atoms with van der Waals surface area (Å²) in [7, 11) is 1.57. The normalized spacial score (nSPS) is 14.9. The molecule has 6 heteroatoms. The molecule has 6 nitrogen and oxygen atoms in total. The van der Waals surface area contributed by atoms with Gasteiger partial charge >= 0.3 is 5.97 Å². The highest BCUT2D eigenvalue weighted by atomic mass is 16.5. The van der Waals surface area contributed by atoms with E-state index >= 15 is 0 Å². The Labute approximate surface area is 123 Å². The van der Waals surface area contributed by atoms with E-state index in [9.17, 15) is 14.7 Å². The third-order valence-electron chi connectivity index (χ3n) is 3.24. The summed E-state index contributed by atoms with van der Waals surface area (Å²) in [4.78, 5) is 22.5. The van der Waals surface area contributed by atoms with Crippen molar-refractivity contribution in [2.24, 2.45) is 0 Å². The number of nitrogens with one attached hydrogen (secondary N) is 1. The minimum atomic E-state index is -1.96. The maximum atomic E-state index is 11.8. The highest BCUT2D eigenvalue weighted by Gasteiger charge is 2.30. The van der Waals surface area contributed by atoms with E-state index in [1.807, 2.05) is 31.2 Å². The lowest BCUT2D eigenvalue weighted by Gasteiger charge is -2.19. The Kier molecular flexibility index (Phi) is 5.72. The fraction of sp³-hybridized carbons (Fsp3) is 0.467. The van der Waals surface area contributed by atoms with Crippen LogP contribution >= 0.6 is 0 Å². The Balaban J connectivity index is 2.56. The molecule has 0 aliphatic carbocycles. The minimum absolute atomic E-state index is 0.0464. The lowest BCUT2D eigenvalue weighted by molar-refractivity contribution is -0.156. The zero-order chi connectivity index (χ0) is 16.0. The van der Waals surface area contributed by atoms with E-state index < -0.39 is 11.6 Å². The summed E-state index contributed by atoms with van der Waals surface area (Å²) in [6, 6.07) is 7.41. The molecule has 1 aromatic carbocycles. The van der Waals surface area contributed by atoms with Crippen LogP contribution < -0.4 is 10.1 Å². The first-order chi connectivity index (χ1) is 9.76. The fourth-order valence-corrected chi connectivity index (χ4v) is 1.76. The average Bonchev–Trinajstić information content (AvgIpc) is 2.45. The maximum Gasteiger partial charge on any atom is 0.337 e. The van der Waals surface area contributed by atoms with Crippen molar-refractivity contribution >= 4 is 11.9 Å². The van der Waals surface area contributed by atoms with E-state index in [0.717, 1.165) is 12.5 Å². The number of hydrogen-bond acceptors (Lipinski definition) is 4. The highest BCUT2D eigenvalue weighted by molar-refractivity contribution is 5.80. The molecule has 0 radical (unpaired) electrons. The number of hydrogen-bond donors (Lipinski definition) is 3. The average molecular weight is 295 g/mol. The molecule has 0 bridgehead atoms. The molecule has 1 aromatic rings. The lowest BCUT2D eigenvalue weighted by atomic mass is 9.97. The number of ether oxygens (including phenoxy) is 1. The summed E-state index contributed by atoms with van der Waals surface area (Å²) in [5, 5.41) is 20.7. The van der Waals surface area contributed by atoms with Crippen molar-refractivity contribution in [1.29, 1.82) is 0 Å². The monoisotopic (exact) mass is 295 g/mol. The topological polar surface area (TPSA) is 95.9 Å². The second kappa shape index (κ2) is 7.08. The van der Waals surface area contributed by atoms with Crippen LogP contribution in [0.15, 0.2) is 24.3 Å². The van der Waals surface area contributed by atoms with Crippen LogP contribution in [0.5, 0.6) is 5.75 Å². The standard InChI is InChI=1S/C15H21NO5/c1-10(11-5-4-6-12(8-11)21-3)7-13(17)16-9-15(2,20)14(18)19/h4-6,8,10,20H,7,9H2,1-3H3,(H,16,17)(H,18,19). The predicted molar refractivity (Wildman–Crippen MR) is 77.3 cm³/mol. The van der Waals surface area contributed by atoms with Crippen LogP contribution in [-0.2, 0) is 9.59 Å². The van der Waals surface area contributed by atoms with E-state index in [1.54, 1.807) is 7.11 Å². The molecule has 0 saturated heterocycles. The maximum absolute atomic E-state index is 11.8. The summed E-state index contributed by atoms with van der Waals surface area (Å²) >= 11 is 0. The van der Waals surface area contributed by atoms with Gasteiger partial charge in [-0.3, -0.25) is 4.79 Å². The first-order valence-corrected chi connectivity index (χ1v) is 6.62. The quantitative estimate of drug-likeness (QED) is 0.701. The fourth-order valence-electron chi connectivity index (χ4n) is 1.76. The molecule has 0 spiro atoms. The van der Waals surface area contributed by atoms with Crippen LogP contribution in [0.25, 0.3) is 0 Å². The summed E-state index contributed by atoms with van der Waals surface area (Å²) in [6.07, 6.45) is 0.197. The molecule has 0 saturated carbocycles. The van der Waals surface area contributed by atoms with Gasteiger partial charge < -0.3 is 20.3 Å². The van der Waals surface area contributed by atoms with Crippen LogP contribution in [0, 0.1) is 0 Å². The van der Waals surface area contributed by atoms with E-state index in [1.165, 1.54) is 0 Å². The zero-order valence-electron chi connectivity index (χ0n) is 12.4. The van der Waals surface area contributed by atoms with Gasteiger partial charge in [0.15, 0.2) is 5.60 Å². The Hall–Kier alpha value is -2.08. The third-order valence-corrected chi connectivity index (χ3v) is 3.24. The largest absolute Gasteiger partial charge is 0.497 e. The third kappa shape index (κ3) is 5.07. The van der Waals surface area contributed by atoms with Gasteiger partial charge in [0.25, 0.3) is 0 Å². The molecule has 2 unspecified atom stereocenters. The van der Waals surface area contributed by atoms with Crippen molar-refractivity contribution in [3.63, 3.8) is 0 Å². The molecule has 21 heavy (non-hydrogen) atoms. The molecule has 0 aliphatic heterocycles. The first-order valence-electron chi connectivity index (χ1n) is 6.62. The molecular weight excluding hydrogens is 274 g/mol. The summed E-state index contributed by atoms with van der Waals surface area (Å²) in [5.74, 6) is -1.01. The van der Waals surface area contributed by atoms with Gasteiger partial charge in [-0.15, -0.1) is 0 Å². The Morgan fingerprint density at radius 2 is 2.10 bits per heavy atom. The van der Waals surface area contributed by atoms with Crippen LogP contribution in [0.2, 0.25) is 0 Å². The van der Waals surface area contributed by atoms with Gasteiger partial charge in [0.05, 0.1) is 13.7 Å². The number of aliphatic hydroxyl groups is 1. The number of carboxylic acids is 1. The molecule has 1 rings (SSSR count). The number of carbonyl (C=O) groups is 2. The van der Waals surface area contributed by atoms with Gasteiger partial charge in [-0.1, -0.05) is 19.1 Å². The number of amides is 1. The van der Waals surface area contributed by atoms with Gasteiger partial charge in [0.2, 0.25) is 5.91 Å². The van der Waals surface area contributed by atoms with Crippen LogP contribution in [0.4, 0.5) is 0 Å². The molecular formula is C15H21NO5. The van der Waals surface area contributed by atoms with Crippen molar-refractivity contribution in [3.8, 4) is 5.75 Å². The van der Waals surface area contributed by atoms with E-state index in [4.69, 9.17) is 9.84 Å². The molecule has 0 aliphatic rings. The molecule has 116 valence electrons. The molecule has 0 fully saturated rings. The summed E-state index contributed by atoms with van der Waals surface area (Å²) in [6.45, 7) is 2.71. The number of rotatable bonds is 7. The summed E-state index contributed by atoms with van der Waals surface area (Å²) in [5.41, 5.74) is -1.01. The number of aliphatic carboxylic acids is 1. The highest BCUT2D eigenvalue weighted by Crippen LogP contribution is 2.23. The Morgan fingerprint density at radius 3 is 2.67 bits per heavy atom. The van der Waals surface area contributed by atoms with Gasteiger partial charge in [0, 0.05) is 6.42 Å². The molecule has 0 aromatic heterocycles. The van der Waals surface area contributed by atoms with Crippen molar-refractivity contribution in [2.45, 2.75) is 31.8 Å².